The van der Waals surface area contributed by atoms with Crippen molar-refractivity contribution in [1.29, 1.82) is 0 Å². The maximum atomic E-state index is 12.8. The molecule has 0 aliphatic carbocycles. The van der Waals surface area contributed by atoms with E-state index in [0.29, 0.717) is 44.1 Å². The number of methoxy groups -OCH3 is 1. The monoisotopic (exact) mass is 368 g/mol. The third-order valence-corrected chi connectivity index (χ3v) is 6.38. The van der Waals surface area contributed by atoms with Gasteiger partial charge in [-0.05, 0) is 23.1 Å². The molecule has 140 valence electrons. The summed E-state index contributed by atoms with van der Waals surface area (Å²) in [4.78, 5) is 14.0. The lowest BCUT2D eigenvalue weighted by atomic mass is 9.87. The van der Waals surface area contributed by atoms with Crippen LogP contribution in [0.2, 0.25) is 0 Å². The van der Waals surface area contributed by atoms with Gasteiger partial charge in [-0.1, -0.05) is 32.9 Å². The second-order valence-corrected chi connectivity index (χ2v) is 9.24. The Morgan fingerprint density at radius 3 is 2.12 bits per heavy atom. The van der Waals surface area contributed by atoms with Crippen molar-refractivity contribution in [3.8, 4) is 0 Å². The molecule has 0 unspecified atom stereocenters. The highest BCUT2D eigenvalue weighted by Gasteiger charge is 2.30. The van der Waals surface area contributed by atoms with Crippen molar-refractivity contribution in [3.63, 3.8) is 0 Å². The highest BCUT2D eigenvalue weighted by atomic mass is 32.2. The molecule has 1 aromatic carbocycles. The average molecular weight is 368 g/mol. The zero-order valence-electron chi connectivity index (χ0n) is 15.5. The Morgan fingerprint density at radius 2 is 1.64 bits per heavy atom. The summed E-state index contributed by atoms with van der Waals surface area (Å²) < 4.78 is 32.0. The van der Waals surface area contributed by atoms with E-state index in [2.05, 4.69) is 20.8 Å². The van der Waals surface area contributed by atoms with E-state index in [0.717, 1.165) is 5.56 Å². The average Bonchev–Trinajstić information content (AvgIpc) is 2.59. The lowest BCUT2D eigenvalue weighted by molar-refractivity contribution is -0.133. The van der Waals surface area contributed by atoms with E-state index in [-0.39, 0.29) is 11.3 Å². The van der Waals surface area contributed by atoms with Crippen molar-refractivity contribution in [3.05, 3.63) is 29.8 Å². The number of carbonyl (C=O) groups is 1. The molecular weight excluding hydrogens is 340 g/mol. The van der Waals surface area contributed by atoms with Crippen LogP contribution in [-0.4, -0.2) is 63.4 Å². The van der Waals surface area contributed by atoms with Crippen LogP contribution in [-0.2, 0) is 25.0 Å². The molecule has 0 N–H and O–H groups in total. The number of carbonyl (C=O) groups excluding carboxylic acids is 1. The smallest absolute Gasteiger partial charge is 0.243 e. The largest absolute Gasteiger partial charge is 0.384 e. The van der Waals surface area contributed by atoms with E-state index >= 15 is 0 Å². The Balaban J connectivity index is 2.03. The van der Waals surface area contributed by atoms with Crippen LogP contribution in [0.15, 0.2) is 29.2 Å². The van der Waals surface area contributed by atoms with Gasteiger partial charge < -0.3 is 9.64 Å². The molecule has 0 radical (unpaired) electrons. The van der Waals surface area contributed by atoms with Gasteiger partial charge in [-0.2, -0.15) is 4.31 Å². The summed E-state index contributed by atoms with van der Waals surface area (Å²) in [5.41, 5.74) is 1.08. The van der Waals surface area contributed by atoms with Gasteiger partial charge in [-0.25, -0.2) is 8.42 Å². The lowest BCUT2D eigenvalue weighted by Gasteiger charge is -2.34. The third-order valence-electron chi connectivity index (χ3n) is 4.47. The van der Waals surface area contributed by atoms with Gasteiger partial charge in [-0.15, -0.1) is 0 Å². The predicted molar refractivity (Wildman–Crippen MR) is 97.0 cm³/mol. The molecule has 1 saturated heterocycles. The van der Waals surface area contributed by atoms with Crippen molar-refractivity contribution in [2.75, 3.05) is 39.9 Å². The Kier molecular flexibility index (Phi) is 6.24. The summed E-state index contributed by atoms with van der Waals surface area (Å²) in [5.74, 6) is 0.00780. The number of benzene rings is 1. The Bertz CT molecular complexity index is 685. The fraction of sp³-hybridized carbons (Fsp3) is 0.611. The zero-order chi connectivity index (χ0) is 18.7. The molecular formula is C18H28N2O4S. The molecule has 1 aromatic rings. The molecule has 1 aliphatic rings. The van der Waals surface area contributed by atoms with Crippen molar-refractivity contribution in [2.45, 2.75) is 37.5 Å². The molecule has 1 heterocycles. The van der Waals surface area contributed by atoms with Crippen molar-refractivity contribution in [1.82, 2.24) is 9.21 Å². The number of piperazine rings is 1. The molecule has 2 rings (SSSR count). The van der Waals surface area contributed by atoms with Crippen LogP contribution in [0, 0.1) is 0 Å². The third kappa shape index (κ3) is 4.80. The minimum absolute atomic E-state index is 0.00780. The number of ether oxygens (including phenoxy) is 1. The van der Waals surface area contributed by atoms with Gasteiger partial charge in [0.25, 0.3) is 0 Å². The van der Waals surface area contributed by atoms with Gasteiger partial charge in [0, 0.05) is 33.3 Å². The summed E-state index contributed by atoms with van der Waals surface area (Å²) >= 11 is 0. The first-order chi connectivity index (χ1) is 11.7. The van der Waals surface area contributed by atoms with E-state index in [1.165, 1.54) is 4.31 Å². The van der Waals surface area contributed by atoms with Crippen molar-refractivity contribution >= 4 is 15.9 Å². The highest BCUT2D eigenvalue weighted by molar-refractivity contribution is 7.89. The van der Waals surface area contributed by atoms with Crippen LogP contribution in [0.5, 0.6) is 0 Å². The maximum Gasteiger partial charge on any atom is 0.243 e. The Hall–Kier alpha value is -1.44. The molecule has 0 atom stereocenters. The molecule has 1 fully saturated rings. The normalized spacial score (nSPS) is 16.9. The summed E-state index contributed by atoms with van der Waals surface area (Å²) in [7, 11) is -1.96. The molecule has 0 aromatic heterocycles. The molecule has 0 saturated carbocycles. The zero-order valence-corrected chi connectivity index (χ0v) is 16.3. The first-order valence-corrected chi connectivity index (χ1v) is 9.97. The fourth-order valence-electron chi connectivity index (χ4n) is 2.80. The van der Waals surface area contributed by atoms with Crippen LogP contribution in [0.3, 0.4) is 0 Å². The van der Waals surface area contributed by atoms with Crippen LogP contribution in [0.25, 0.3) is 0 Å². The summed E-state index contributed by atoms with van der Waals surface area (Å²) in [5, 5.41) is 0. The van der Waals surface area contributed by atoms with Gasteiger partial charge in [0.05, 0.1) is 17.9 Å². The first kappa shape index (κ1) is 19.9. The molecule has 0 spiro atoms. The molecule has 7 heteroatoms. The van der Waals surface area contributed by atoms with Gasteiger partial charge in [-0.3, -0.25) is 4.79 Å². The SMILES string of the molecule is COCCC(=O)N1CCN(S(=O)(=O)c2ccc(C(C)(C)C)cc2)CC1. The quantitative estimate of drug-likeness (QED) is 0.796. The summed E-state index contributed by atoms with van der Waals surface area (Å²) in [6.45, 7) is 8.15. The molecule has 0 bridgehead atoms. The van der Waals surface area contributed by atoms with Crippen LogP contribution in [0.1, 0.15) is 32.8 Å². The molecule has 1 amide bonds. The minimum atomic E-state index is -3.52. The van der Waals surface area contributed by atoms with E-state index in [9.17, 15) is 13.2 Å². The maximum absolute atomic E-state index is 12.8. The number of nitrogens with zero attached hydrogens (tertiary/aromatic N) is 2. The highest BCUT2D eigenvalue weighted by Crippen LogP contribution is 2.25. The predicted octanol–water partition coefficient (Wildman–Crippen LogP) is 1.85. The van der Waals surface area contributed by atoms with E-state index in [1.54, 1.807) is 24.1 Å². The second kappa shape index (κ2) is 7.85. The number of hydrogen-bond donors (Lipinski definition) is 0. The van der Waals surface area contributed by atoms with Crippen LogP contribution in [0.4, 0.5) is 0 Å². The van der Waals surface area contributed by atoms with Gasteiger partial charge >= 0.3 is 0 Å². The molecule has 1 aliphatic heterocycles. The summed E-state index contributed by atoms with van der Waals surface area (Å²) in [6, 6.07) is 7.09. The standard InChI is InChI=1S/C18H28N2O4S/c1-18(2,3)15-5-7-16(8-6-15)25(22,23)20-12-10-19(11-13-20)17(21)9-14-24-4/h5-8H,9-14H2,1-4H3. The number of sulfonamides is 1. The van der Waals surface area contributed by atoms with E-state index < -0.39 is 10.0 Å². The lowest BCUT2D eigenvalue weighted by Crippen LogP contribution is -2.50. The first-order valence-electron chi connectivity index (χ1n) is 8.53. The molecule has 6 nitrogen and oxygen atoms in total. The Morgan fingerprint density at radius 1 is 1.08 bits per heavy atom. The van der Waals surface area contributed by atoms with Gasteiger partial charge in [0.2, 0.25) is 15.9 Å². The number of hydrogen-bond acceptors (Lipinski definition) is 4. The van der Waals surface area contributed by atoms with Crippen LogP contribution < -0.4 is 0 Å². The topological polar surface area (TPSA) is 66.9 Å². The van der Waals surface area contributed by atoms with E-state index in [1.807, 2.05) is 12.1 Å². The van der Waals surface area contributed by atoms with Crippen molar-refractivity contribution in [2.24, 2.45) is 0 Å². The van der Waals surface area contributed by atoms with Crippen LogP contribution >= 0.6 is 0 Å². The summed E-state index contributed by atoms with van der Waals surface area (Å²) in [6.07, 6.45) is 0.331. The number of amides is 1. The minimum Gasteiger partial charge on any atom is -0.384 e. The van der Waals surface area contributed by atoms with Gasteiger partial charge in [0.1, 0.15) is 0 Å². The van der Waals surface area contributed by atoms with Gasteiger partial charge in [0.15, 0.2) is 0 Å². The van der Waals surface area contributed by atoms with E-state index in [4.69, 9.17) is 4.74 Å². The Labute approximate surface area is 150 Å². The van der Waals surface area contributed by atoms with Crippen molar-refractivity contribution < 1.29 is 17.9 Å². The number of rotatable bonds is 5. The second-order valence-electron chi connectivity index (χ2n) is 7.30. The molecule has 25 heavy (non-hydrogen) atoms. The fourth-order valence-corrected chi connectivity index (χ4v) is 4.22.